The number of hydrogen-bond acceptors (Lipinski definition) is 5. The summed E-state index contributed by atoms with van der Waals surface area (Å²) in [5.74, 6) is 1.86. The van der Waals surface area contributed by atoms with Gasteiger partial charge in [0.05, 0.1) is 23.3 Å². The van der Waals surface area contributed by atoms with Crippen molar-refractivity contribution in [3.05, 3.63) is 48.5 Å². The van der Waals surface area contributed by atoms with E-state index >= 15 is 0 Å². The largest absolute Gasteiger partial charge is 0.486 e. The van der Waals surface area contributed by atoms with Crippen LogP contribution in [0.15, 0.2) is 53.7 Å². The van der Waals surface area contributed by atoms with Gasteiger partial charge in [0.25, 0.3) is 0 Å². The van der Waals surface area contributed by atoms with Gasteiger partial charge in [-0.3, -0.25) is 4.79 Å². The molecule has 28 heavy (non-hydrogen) atoms. The lowest BCUT2D eigenvalue weighted by Crippen LogP contribution is -2.42. The van der Waals surface area contributed by atoms with Crippen molar-refractivity contribution in [3.63, 3.8) is 0 Å². The lowest BCUT2D eigenvalue weighted by atomic mass is 10.2. The average molecular weight is 398 g/mol. The zero-order valence-corrected chi connectivity index (χ0v) is 16.8. The number of para-hydroxylation sites is 4. The van der Waals surface area contributed by atoms with Gasteiger partial charge in [-0.25, -0.2) is 4.98 Å². The van der Waals surface area contributed by atoms with E-state index in [1.54, 1.807) is 11.9 Å². The van der Waals surface area contributed by atoms with Gasteiger partial charge in [-0.05, 0) is 31.2 Å². The Morgan fingerprint density at radius 2 is 1.96 bits per heavy atom. The summed E-state index contributed by atoms with van der Waals surface area (Å²) in [4.78, 5) is 19.0. The summed E-state index contributed by atoms with van der Waals surface area (Å²) in [7, 11) is 1.80. The van der Waals surface area contributed by atoms with Crippen LogP contribution in [0.3, 0.4) is 0 Å². The van der Waals surface area contributed by atoms with Crippen LogP contribution < -0.4 is 9.47 Å². The van der Waals surface area contributed by atoms with Gasteiger partial charge in [0.2, 0.25) is 5.91 Å². The van der Waals surface area contributed by atoms with Crippen molar-refractivity contribution < 1.29 is 14.3 Å². The number of rotatable bonds is 6. The molecule has 4 rings (SSSR count). The summed E-state index contributed by atoms with van der Waals surface area (Å²) in [6.45, 7) is 3.83. The smallest absolute Gasteiger partial charge is 0.232 e. The van der Waals surface area contributed by atoms with Gasteiger partial charge in [-0.15, -0.1) is 0 Å². The summed E-state index contributed by atoms with van der Waals surface area (Å²) in [6.07, 6.45) is -0.172. The molecule has 146 valence electrons. The molecule has 0 N–H and O–H groups in total. The van der Waals surface area contributed by atoms with E-state index in [0.29, 0.717) is 18.9 Å². The Labute approximate surface area is 168 Å². The summed E-state index contributed by atoms with van der Waals surface area (Å²) < 4.78 is 13.8. The van der Waals surface area contributed by atoms with Crippen molar-refractivity contribution in [2.45, 2.75) is 24.7 Å². The van der Waals surface area contributed by atoms with E-state index in [0.717, 1.165) is 34.2 Å². The predicted octanol–water partition coefficient (Wildman–Crippen LogP) is 3.45. The van der Waals surface area contributed by atoms with Crippen molar-refractivity contribution in [3.8, 4) is 11.5 Å². The molecule has 1 amide bonds. The summed E-state index contributed by atoms with van der Waals surface area (Å²) in [5, 5.41) is 0.872. The minimum absolute atomic E-state index is 0.0437. The van der Waals surface area contributed by atoms with Crippen LogP contribution in [0.25, 0.3) is 11.0 Å². The first-order chi connectivity index (χ1) is 13.7. The molecule has 2 heterocycles. The molecule has 6 nitrogen and oxygen atoms in total. The molecule has 0 saturated heterocycles. The van der Waals surface area contributed by atoms with E-state index in [1.165, 1.54) is 11.8 Å². The summed E-state index contributed by atoms with van der Waals surface area (Å²) in [6, 6.07) is 15.6. The van der Waals surface area contributed by atoms with Gasteiger partial charge in [-0.1, -0.05) is 36.0 Å². The van der Waals surface area contributed by atoms with Crippen molar-refractivity contribution in [1.82, 2.24) is 14.5 Å². The van der Waals surface area contributed by atoms with Crippen molar-refractivity contribution in [1.29, 1.82) is 0 Å². The number of carbonyl (C=O) groups is 1. The molecule has 0 saturated carbocycles. The number of hydrogen-bond donors (Lipinski definition) is 0. The zero-order chi connectivity index (χ0) is 19.5. The number of carbonyl (C=O) groups excluding carboxylic acids is 1. The van der Waals surface area contributed by atoms with Crippen molar-refractivity contribution in [2.75, 3.05) is 26.0 Å². The lowest BCUT2D eigenvalue weighted by molar-refractivity contribution is -0.128. The highest BCUT2D eigenvalue weighted by Gasteiger charge is 2.24. The number of aromatic nitrogens is 2. The third kappa shape index (κ3) is 3.80. The molecule has 0 radical (unpaired) electrons. The molecule has 1 aromatic heterocycles. The highest BCUT2D eigenvalue weighted by atomic mass is 32.2. The second-order valence-electron chi connectivity index (χ2n) is 6.69. The maximum atomic E-state index is 12.6. The molecule has 1 unspecified atom stereocenters. The fourth-order valence-electron chi connectivity index (χ4n) is 3.27. The molecule has 0 spiro atoms. The second kappa shape index (κ2) is 8.14. The van der Waals surface area contributed by atoms with Crippen LogP contribution in [0, 0.1) is 0 Å². The second-order valence-corrected chi connectivity index (χ2v) is 7.63. The molecule has 1 aliphatic heterocycles. The van der Waals surface area contributed by atoms with Gasteiger partial charge < -0.3 is 18.9 Å². The van der Waals surface area contributed by atoms with Crippen LogP contribution in [0.1, 0.15) is 6.92 Å². The number of amides is 1. The van der Waals surface area contributed by atoms with E-state index in [1.807, 2.05) is 42.5 Å². The number of aryl methyl sites for hydroxylation is 1. The fourth-order valence-corrected chi connectivity index (χ4v) is 4.29. The fraction of sp³-hybridized carbons (Fsp3) is 0.333. The van der Waals surface area contributed by atoms with Gasteiger partial charge >= 0.3 is 0 Å². The number of ether oxygens (including phenoxy) is 2. The number of thioether (sulfide) groups is 1. The van der Waals surface area contributed by atoms with Crippen molar-refractivity contribution >= 4 is 28.7 Å². The average Bonchev–Trinajstić information content (AvgIpc) is 3.09. The minimum Gasteiger partial charge on any atom is -0.486 e. The minimum atomic E-state index is -0.172. The first-order valence-corrected chi connectivity index (χ1v) is 10.3. The predicted molar refractivity (Wildman–Crippen MR) is 110 cm³/mol. The Bertz CT molecular complexity index is 988. The number of nitrogens with zero attached hydrogens (tertiary/aromatic N) is 3. The molecule has 1 aliphatic rings. The Morgan fingerprint density at radius 3 is 2.79 bits per heavy atom. The van der Waals surface area contributed by atoms with Gasteiger partial charge in [0.1, 0.15) is 6.61 Å². The molecule has 0 bridgehead atoms. The monoisotopic (exact) mass is 397 g/mol. The van der Waals surface area contributed by atoms with Crippen molar-refractivity contribution in [2.24, 2.45) is 0 Å². The first-order valence-electron chi connectivity index (χ1n) is 9.36. The Kier molecular flexibility index (Phi) is 5.43. The lowest BCUT2D eigenvalue weighted by Gasteiger charge is -2.29. The molecule has 2 aromatic carbocycles. The Hall–Kier alpha value is -2.67. The number of benzene rings is 2. The molecule has 0 fully saturated rings. The van der Waals surface area contributed by atoms with E-state index in [9.17, 15) is 4.79 Å². The number of likely N-dealkylation sites (N-methyl/N-ethyl adjacent to an activating group) is 1. The SMILES string of the molecule is CCn1c(SCC(=O)N(C)CC2COc3ccccc3O2)nc2ccccc21. The molecule has 1 atom stereocenters. The standard InChI is InChI=1S/C21H23N3O3S/c1-3-24-17-9-5-4-8-16(17)22-21(24)28-14-20(25)23(2)12-15-13-26-18-10-6-7-11-19(18)27-15/h4-11,15H,3,12-14H2,1-2H3. The topological polar surface area (TPSA) is 56.6 Å². The number of imidazole rings is 1. The van der Waals surface area contributed by atoms with E-state index < -0.39 is 0 Å². The highest BCUT2D eigenvalue weighted by molar-refractivity contribution is 7.99. The maximum Gasteiger partial charge on any atom is 0.232 e. The quantitative estimate of drug-likeness (QED) is 0.597. The van der Waals surface area contributed by atoms with E-state index in [4.69, 9.17) is 9.47 Å². The van der Waals surface area contributed by atoms with Crippen LogP contribution in [-0.4, -0.2) is 52.4 Å². The molecule has 3 aromatic rings. The van der Waals surface area contributed by atoms with Crippen LogP contribution in [0.4, 0.5) is 0 Å². The van der Waals surface area contributed by atoms with Crippen LogP contribution in [-0.2, 0) is 11.3 Å². The van der Waals surface area contributed by atoms with E-state index in [-0.39, 0.29) is 12.0 Å². The summed E-state index contributed by atoms with van der Waals surface area (Å²) in [5.41, 5.74) is 2.05. The zero-order valence-electron chi connectivity index (χ0n) is 16.0. The van der Waals surface area contributed by atoms with Crippen LogP contribution in [0.5, 0.6) is 11.5 Å². The third-order valence-electron chi connectivity index (χ3n) is 4.73. The van der Waals surface area contributed by atoms with Crippen LogP contribution in [0.2, 0.25) is 0 Å². The third-order valence-corrected chi connectivity index (χ3v) is 5.69. The van der Waals surface area contributed by atoms with Gasteiger partial charge in [0.15, 0.2) is 22.8 Å². The highest BCUT2D eigenvalue weighted by Crippen LogP contribution is 2.31. The van der Waals surface area contributed by atoms with Gasteiger partial charge in [-0.2, -0.15) is 0 Å². The van der Waals surface area contributed by atoms with E-state index in [2.05, 4.69) is 22.5 Å². The molecule has 0 aliphatic carbocycles. The Balaban J connectivity index is 1.35. The molecular weight excluding hydrogens is 374 g/mol. The maximum absolute atomic E-state index is 12.6. The van der Waals surface area contributed by atoms with Crippen LogP contribution >= 0.6 is 11.8 Å². The normalized spacial score (nSPS) is 15.6. The summed E-state index contributed by atoms with van der Waals surface area (Å²) >= 11 is 1.47. The Morgan fingerprint density at radius 1 is 1.21 bits per heavy atom. The number of fused-ring (bicyclic) bond motifs is 2. The first kappa shape index (κ1) is 18.7. The van der Waals surface area contributed by atoms with Gasteiger partial charge in [0, 0.05) is 13.6 Å². The molecule has 7 heteroatoms. The molecular formula is C21H23N3O3S.